The number of aliphatic carboxylic acids is 3. The van der Waals surface area contributed by atoms with E-state index in [2.05, 4.69) is 0 Å². The van der Waals surface area contributed by atoms with E-state index in [-0.39, 0.29) is 35.6 Å². The molecule has 0 radical (unpaired) electrons. The summed E-state index contributed by atoms with van der Waals surface area (Å²) in [6.07, 6.45) is -2.29. The molecule has 0 spiro atoms. The second kappa shape index (κ2) is 18.5. The van der Waals surface area contributed by atoms with Crippen molar-refractivity contribution in [1.29, 1.82) is 0 Å². The van der Waals surface area contributed by atoms with Gasteiger partial charge < -0.3 is 66.4 Å². The molecule has 146 valence electrons. The Morgan fingerprint density at radius 2 is 0.846 bits per heavy atom. The first-order chi connectivity index (χ1) is 11.0. The maximum atomic E-state index is 10.3. The van der Waals surface area contributed by atoms with Crippen LogP contribution in [0.5, 0.6) is 0 Å². The van der Waals surface area contributed by atoms with Crippen LogP contribution in [-0.4, -0.2) is 59.2 Å². The van der Waals surface area contributed by atoms with E-state index in [1.165, 1.54) is 0 Å². The molecule has 19 nitrogen and oxygen atoms in total. The molecule has 0 aromatic carbocycles. The third-order valence-electron chi connectivity index (χ3n) is 1.29. The number of hydrogen-bond acceptors (Lipinski definition) is 13. The van der Waals surface area contributed by atoms with E-state index in [1.54, 1.807) is 0 Å². The second-order valence-electron chi connectivity index (χ2n) is 3.15. The first-order valence-electron chi connectivity index (χ1n) is 4.81. The van der Waals surface area contributed by atoms with E-state index in [0.717, 1.165) is 0 Å². The summed E-state index contributed by atoms with van der Waals surface area (Å²) in [5, 5.41) is 78.1. The summed E-state index contributed by atoms with van der Waals surface area (Å²) in [5.74, 6) is -5.02. The minimum absolute atomic E-state index is 0. The Labute approximate surface area is 168 Å². The predicted molar refractivity (Wildman–Crippen MR) is 68.2 cm³/mol. The molecule has 0 rings (SSSR count). The summed E-state index contributed by atoms with van der Waals surface area (Å²) in [4.78, 5) is 55.2. The molecule has 0 aliphatic carbocycles. The Balaban J connectivity index is -0.0000000933. The van der Waals surface area contributed by atoms with Crippen LogP contribution >= 0.6 is 0 Å². The minimum atomic E-state index is -2.74. The van der Waals surface area contributed by atoms with E-state index < -0.39 is 51.6 Å². The first kappa shape index (κ1) is 34.5. The number of hydrogen-bond donors (Lipinski definition) is 4. The van der Waals surface area contributed by atoms with E-state index in [4.69, 9.17) is 66.4 Å². The molecule has 0 fully saturated rings. The number of rotatable bonds is 5. The number of carboxylic acids is 3. The van der Waals surface area contributed by atoms with Gasteiger partial charge >= 0.3 is 53.5 Å². The van der Waals surface area contributed by atoms with Gasteiger partial charge in [0.25, 0.3) is 0 Å². The van der Waals surface area contributed by atoms with Gasteiger partial charge in [-0.25, -0.2) is 4.79 Å². The van der Waals surface area contributed by atoms with Gasteiger partial charge in [0.1, 0.15) is 0 Å². The molecule has 4 N–H and O–H groups in total. The maximum absolute atomic E-state index is 10.3. The molecule has 0 saturated heterocycles. The van der Waals surface area contributed by atoms with Crippen LogP contribution in [0.15, 0.2) is 0 Å². The Morgan fingerprint density at radius 1 is 0.692 bits per heavy atom. The molecule has 0 amide bonds. The van der Waals surface area contributed by atoms with Gasteiger partial charge in [-0.1, -0.05) is 0 Å². The average molecular weight is 517 g/mol. The van der Waals surface area contributed by atoms with Crippen molar-refractivity contribution in [2.75, 3.05) is 0 Å². The standard InChI is InChI=1S/C6H8O7.La.3NO3/c7-3(8)1-6(13,5(11)12)2-4(9)10;;3*2-1(3)4/h13H,1-2H2,(H,7,8)(H,9,10)(H,11,12);;;;/q;+3;3*-1. The van der Waals surface area contributed by atoms with E-state index in [1.807, 2.05) is 0 Å². The summed E-state index contributed by atoms with van der Waals surface area (Å²) in [6, 6.07) is 0. The Morgan fingerprint density at radius 3 is 0.923 bits per heavy atom. The van der Waals surface area contributed by atoms with Crippen LogP contribution < -0.4 is 0 Å². The molecule has 0 bridgehead atoms. The molecule has 0 unspecified atom stereocenters. The molecule has 0 heterocycles. The molecule has 0 atom stereocenters. The first-order valence-corrected chi connectivity index (χ1v) is 4.81. The van der Waals surface area contributed by atoms with Crippen LogP contribution in [-0.2, 0) is 14.4 Å². The van der Waals surface area contributed by atoms with E-state index in [9.17, 15) is 14.4 Å². The van der Waals surface area contributed by atoms with Crippen molar-refractivity contribution in [3.63, 3.8) is 0 Å². The average Bonchev–Trinajstić information content (AvgIpc) is 2.22. The zero-order chi connectivity index (χ0) is 21.4. The van der Waals surface area contributed by atoms with Crippen molar-refractivity contribution < 1.29 is 85.7 Å². The van der Waals surface area contributed by atoms with Crippen molar-refractivity contribution in [2.45, 2.75) is 18.4 Å². The number of aliphatic hydroxyl groups is 1. The van der Waals surface area contributed by atoms with Crippen molar-refractivity contribution >= 4 is 17.9 Å². The van der Waals surface area contributed by atoms with Gasteiger partial charge in [0.05, 0.1) is 28.1 Å². The fourth-order valence-electron chi connectivity index (χ4n) is 0.714. The van der Waals surface area contributed by atoms with Crippen LogP contribution in [0.25, 0.3) is 0 Å². The number of nitrogens with zero attached hydrogens (tertiary/aromatic N) is 3. The molecule has 0 aromatic rings. The zero-order valence-corrected chi connectivity index (χ0v) is 15.6. The van der Waals surface area contributed by atoms with Gasteiger partial charge in [0.15, 0.2) is 5.60 Å². The number of carboxylic acid groups (broad SMARTS) is 3. The van der Waals surface area contributed by atoms with Gasteiger partial charge in [-0.2, -0.15) is 0 Å². The van der Waals surface area contributed by atoms with Crippen LogP contribution in [0, 0.1) is 81.6 Å². The van der Waals surface area contributed by atoms with Gasteiger partial charge in [0.2, 0.25) is 0 Å². The fraction of sp³-hybridized carbons (Fsp3) is 0.500. The van der Waals surface area contributed by atoms with Gasteiger partial charge in [-0.05, 0) is 0 Å². The number of carbonyl (C=O) groups is 3. The molecular formula is C6H8LaN3O16. The summed E-state index contributed by atoms with van der Waals surface area (Å²) in [5.41, 5.74) is -2.74. The van der Waals surface area contributed by atoms with Crippen molar-refractivity contribution in [2.24, 2.45) is 0 Å². The second-order valence-corrected chi connectivity index (χ2v) is 3.15. The molecule has 0 aromatic heterocycles. The molecule has 0 aliphatic rings. The maximum Gasteiger partial charge on any atom is 3.00 e. The Hall–Kier alpha value is -2.84. The minimum Gasteiger partial charge on any atom is -0.481 e. The monoisotopic (exact) mass is 517 g/mol. The summed E-state index contributed by atoms with van der Waals surface area (Å²) in [7, 11) is 0. The van der Waals surface area contributed by atoms with Crippen molar-refractivity contribution in [3.05, 3.63) is 46.0 Å². The Bertz CT molecular complexity index is 436. The molecule has 20 heteroatoms. The van der Waals surface area contributed by atoms with E-state index in [0.29, 0.717) is 0 Å². The summed E-state index contributed by atoms with van der Waals surface area (Å²) in [6.45, 7) is 0. The SMILES string of the molecule is O=C(O)CC(O)(CC(=O)O)C(=O)O.O=[N+]([O-])[O-].O=[N+]([O-])[O-].O=[N+]([O-])[O-].[La+3]. The zero-order valence-electron chi connectivity index (χ0n) is 12.0. The van der Waals surface area contributed by atoms with Gasteiger partial charge in [-0.3, -0.25) is 9.59 Å². The largest absolute Gasteiger partial charge is 3.00 e. The fourth-order valence-corrected chi connectivity index (χ4v) is 0.714. The van der Waals surface area contributed by atoms with Crippen LogP contribution in [0.4, 0.5) is 0 Å². The molecule has 0 saturated carbocycles. The summed E-state index contributed by atoms with van der Waals surface area (Å²) >= 11 is 0. The van der Waals surface area contributed by atoms with Crippen LogP contribution in [0.3, 0.4) is 0 Å². The quantitative estimate of drug-likeness (QED) is 0.227. The third kappa shape index (κ3) is 49.7. The van der Waals surface area contributed by atoms with Gasteiger partial charge in [-0.15, -0.1) is 0 Å². The third-order valence-corrected chi connectivity index (χ3v) is 1.29. The topological polar surface area (TPSA) is 331 Å². The molecule has 0 aliphatic heterocycles. The van der Waals surface area contributed by atoms with Crippen LogP contribution in [0.1, 0.15) is 12.8 Å². The smallest absolute Gasteiger partial charge is 0.481 e. The van der Waals surface area contributed by atoms with Crippen LogP contribution in [0.2, 0.25) is 0 Å². The van der Waals surface area contributed by atoms with E-state index >= 15 is 0 Å². The predicted octanol–water partition coefficient (Wildman–Crippen LogP) is -1.97. The van der Waals surface area contributed by atoms with Gasteiger partial charge in [0, 0.05) is 0 Å². The van der Waals surface area contributed by atoms with Crippen molar-refractivity contribution in [1.82, 2.24) is 0 Å². The normalized spacial score (nSPS) is 8.19. The molecular weight excluding hydrogens is 509 g/mol. The van der Waals surface area contributed by atoms with Crippen molar-refractivity contribution in [3.8, 4) is 0 Å². The molecule has 26 heavy (non-hydrogen) atoms. The summed E-state index contributed by atoms with van der Waals surface area (Å²) < 4.78 is 0. The Kier molecular flexibility index (Phi) is 24.5.